The summed E-state index contributed by atoms with van der Waals surface area (Å²) in [6.07, 6.45) is 9.39. The zero-order valence-electron chi connectivity index (χ0n) is 11.2. The molecule has 0 radical (unpaired) electrons. The zero-order chi connectivity index (χ0) is 12.8. The smallest absolute Gasteiger partial charge is 0.0827 e. The van der Waals surface area contributed by atoms with Crippen molar-refractivity contribution in [2.45, 2.75) is 51.4 Å². The fourth-order valence-corrected chi connectivity index (χ4v) is 3.00. The van der Waals surface area contributed by atoms with Gasteiger partial charge in [0, 0.05) is 0 Å². The number of hydrogen-bond donors (Lipinski definition) is 0. The van der Waals surface area contributed by atoms with Crippen LogP contribution >= 0.6 is 0 Å². The van der Waals surface area contributed by atoms with Crippen LogP contribution in [-0.2, 0) is 6.42 Å². The van der Waals surface area contributed by atoms with Crippen LogP contribution in [0.1, 0.15) is 56.1 Å². The van der Waals surface area contributed by atoms with Crippen LogP contribution in [0.3, 0.4) is 0 Å². The number of hydrogen-bond acceptors (Lipinski definition) is 0. The van der Waals surface area contributed by atoms with Crippen molar-refractivity contribution in [3.63, 3.8) is 0 Å². The molecule has 1 aliphatic rings. The van der Waals surface area contributed by atoms with Gasteiger partial charge in [0.1, 0.15) is 0 Å². The first-order valence-corrected chi connectivity index (χ1v) is 7.17. The predicted octanol–water partition coefficient (Wildman–Crippen LogP) is 5.40. The molecule has 0 aliphatic heterocycles. The van der Waals surface area contributed by atoms with Crippen molar-refractivity contribution in [2.75, 3.05) is 0 Å². The van der Waals surface area contributed by atoms with Gasteiger partial charge in [-0.1, -0.05) is 37.3 Å². The van der Waals surface area contributed by atoms with Gasteiger partial charge >= 0.3 is 0 Å². The van der Waals surface area contributed by atoms with Crippen molar-refractivity contribution in [1.82, 2.24) is 0 Å². The second kappa shape index (κ2) is 6.72. The van der Waals surface area contributed by atoms with Crippen LogP contribution in [0.4, 0.5) is 4.39 Å². The number of rotatable bonds is 4. The zero-order valence-corrected chi connectivity index (χ0v) is 11.2. The second-order valence-electron chi connectivity index (χ2n) is 5.41. The molecule has 18 heavy (non-hydrogen) atoms. The first-order valence-electron chi connectivity index (χ1n) is 7.17. The fourth-order valence-electron chi connectivity index (χ4n) is 3.00. The van der Waals surface area contributed by atoms with Gasteiger partial charge in [0.15, 0.2) is 0 Å². The van der Waals surface area contributed by atoms with E-state index >= 15 is 0 Å². The summed E-state index contributed by atoms with van der Waals surface area (Å²) in [6.45, 7) is 2.19. The van der Waals surface area contributed by atoms with E-state index in [-0.39, 0.29) is 0 Å². The Kier molecular flexibility index (Phi) is 4.98. The lowest BCUT2D eigenvalue weighted by Crippen LogP contribution is -2.12. The molecule has 0 aromatic heterocycles. The molecule has 0 atom stereocenters. The first-order chi connectivity index (χ1) is 8.83. The van der Waals surface area contributed by atoms with Crippen molar-refractivity contribution in [3.8, 4) is 0 Å². The molecule has 0 amide bonds. The highest BCUT2D eigenvalue weighted by molar-refractivity contribution is 5.25. The number of benzene rings is 1. The van der Waals surface area contributed by atoms with Crippen molar-refractivity contribution in [2.24, 2.45) is 5.92 Å². The van der Waals surface area contributed by atoms with E-state index in [2.05, 4.69) is 31.2 Å². The summed E-state index contributed by atoms with van der Waals surface area (Å²) in [4.78, 5) is 0. The average molecular weight is 246 g/mol. The SMILES string of the molecule is CCc1ccc(C2CCC(C/C=C/F)CC2)cc1. The van der Waals surface area contributed by atoms with Crippen LogP contribution in [-0.4, -0.2) is 0 Å². The van der Waals surface area contributed by atoms with Crippen LogP contribution in [0.25, 0.3) is 0 Å². The summed E-state index contributed by atoms with van der Waals surface area (Å²) in [7, 11) is 0. The Bertz CT molecular complexity index is 369. The molecule has 0 unspecified atom stereocenters. The highest BCUT2D eigenvalue weighted by Gasteiger charge is 2.21. The minimum absolute atomic E-state index is 0.690. The highest BCUT2D eigenvalue weighted by atomic mass is 19.1. The normalized spacial score (nSPS) is 24.6. The molecule has 1 heteroatoms. The minimum atomic E-state index is 0.690. The van der Waals surface area contributed by atoms with Gasteiger partial charge in [-0.15, -0.1) is 0 Å². The van der Waals surface area contributed by atoms with Crippen LogP contribution in [0.5, 0.6) is 0 Å². The monoisotopic (exact) mass is 246 g/mol. The molecule has 1 saturated carbocycles. The van der Waals surface area contributed by atoms with Crippen LogP contribution in [0, 0.1) is 5.92 Å². The summed E-state index contributed by atoms with van der Waals surface area (Å²) in [5.74, 6) is 1.42. The van der Waals surface area contributed by atoms with Gasteiger partial charge in [-0.05, 0) is 61.5 Å². The van der Waals surface area contributed by atoms with Gasteiger partial charge in [0.05, 0.1) is 6.33 Å². The number of allylic oxidation sites excluding steroid dienone is 1. The second-order valence-corrected chi connectivity index (χ2v) is 5.41. The summed E-state index contributed by atoms with van der Waals surface area (Å²) in [5, 5.41) is 0. The lowest BCUT2D eigenvalue weighted by atomic mass is 9.77. The maximum absolute atomic E-state index is 12.0. The molecule has 2 rings (SSSR count). The van der Waals surface area contributed by atoms with Gasteiger partial charge in [-0.2, -0.15) is 0 Å². The molecule has 1 aliphatic carbocycles. The molecule has 0 heterocycles. The van der Waals surface area contributed by atoms with Gasteiger partial charge in [-0.25, -0.2) is 4.39 Å². The maximum Gasteiger partial charge on any atom is 0.0827 e. The Morgan fingerprint density at radius 1 is 1.11 bits per heavy atom. The third-order valence-corrected chi connectivity index (χ3v) is 4.26. The summed E-state index contributed by atoms with van der Waals surface area (Å²) < 4.78 is 12.0. The third kappa shape index (κ3) is 3.44. The maximum atomic E-state index is 12.0. The Balaban J connectivity index is 1.88. The predicted molar refractivity (Wildman–Crippen MR) is 75.4 cm³/mol. The molecule has 0 spiro atoms. The van der Waals surface area contributed by atoms with Gasteiger partial charge in [0.2, 0.25) is 0 Å². The van der Waals surface area contributed by atoms with Gasteiger partial charge < -0.3 is 0 Å². The molecule has 1 aromatic carbocycles. The van der Waals surface area contributed by atoms with Crippen LogP contribution < -0.4 is 0 Å². The van der Waals surface area contributed by atoms with Gasteiger partial charge in [0.25, 0.3) is 0 Å². The van der Waals surface area contributed by atoms with E-state index in [1.807, 2.05) is 0 Å². The summed E-state index contributed by atoms with van der Waals surface area (Å²) in [5.41, 5.74) is 2.91. The molecule has 0 bridgehead atoms. The topological polar surface area (TPSA) is 0 Å². The van der Waals surface area contributed by atoms with Gasteiger partial charge in [-0.3, -0.25) is 0 Å². The third-order valence-electron chi connectivity index (χ3n) is 4.26. The quantitative estimate of drug-likeness (QED) is 0.667. The Morgan fingerprint density at radius 2 is 1.78 bits per heavy atom. The number of aryl methyl sites for hydroxylation is 1. The van der Waals surface area contributed by atoms with Crippen molar-refractivity contribution in [1.29, 1.82) is 0 Å². The van der Waals surface area contributed by atoms with E-state index in [4.69, 9.17) is 0 Å². The van der Waals surface area contributed by atoms with Crippen molar-refractivity contribution >= 4 is 0 Å². The van der Waals surface area contributed by atoms with Crippen molar-refractivity contribution in [3.05, 3.63) is 47.8 Å². The number of halogens is 1. The Labute approximate surface area is 110 Å². The average Bonchev–Trinajstić information content (AvgIpc) is 2.46. The minimum Gasteiger partial charge on any atom is -0.216 e. The first kappa shape index (κ1) is 13.3. The molecule has 98 valence electrons. The van der Waals surface area contributed by atoms with Crippen LogP contribution in [0.2, 0.25) is 0 Å². The molecular weight excluding hydrogens is 223 g/mol. The van der Waals surface area contributed by atoms with E-state index in [1.54, 1.807) is 6.08 Å². The lowest BCUT2D eigenvalue weighted by molar-refractivity contribution is 0.327. The molecule has 0 saturated heterocycles. The summed E-state index contributed by atoms with van der Waals surface area (Å²) >= 11 is 0. The molecule has 1 aromatic rings. The van der Waals surface area contributed by atoms with E-state index < -0.39 is 0 Å². The van der Waals surface area contributed by atoms with Crippen molar-refractivity contribution < 1.29 is 4.39 Å². The Morgan fingerprint density at radius 3 is 2.33 bits per heavy atom. The van der Waals surface area contributed by atoms with E-state index in [0.717, 1.165) is 18.8 Å². The molecular formula is C17H23F. The van der Waals surface area contributed by atoms with E-state index in [9.17, 15) is 4.39 Å². The van der Waals surface area contributed by atoms with E-state index in [1.165, 1.54) is 36.8 Å². The molecule has 0 N–H and O–H groups in total. The molecule has 1 fully saturated rings. The van der Waals surface area contributed by atoms with E-state index in [0.29, 0.717) is 12.2 Å². The Hall–Kier alpha value is -1.11. The molecule has 0 nitrogen and oxygen atoms in total. The summed E-state index contributed by atoms with van der Waals surface area (Å²) in [6, 6.07) is 9.11. The van der Waals surface area contributed by atoms with Crippen LogP contribution in [0.15, 0.2) is 36.7 Å². The highest BCUT2D eigenvalue weighted by Crippen LogP contribution is 2.37. The lowest BCUT2D eigenvalue weighted by Gasteiger charge is -2.28. The standard InChI is InChI=1S/C17H23F/c1-2-14-5-9-16(10-6-14)17-11-7-15(8-12-17)4-3-13-18/h3,5-6,9-10,13,15,17H,2,4,7-8,11-12H2,1H3/b13-3+. The fraction of sp³-hybridized carbons (Fsp3) is 0.529. The largest absolute Gasteiger partial charge is 0.216 e.